The van der Waals surface area contributed by atoms with Crippen molar-refractivity contribution in [3.05, 3.63) is 75.3 Å². The maximum atomic E-state index is 13.3. The predicted octanol–water partition coefficient (Wildman–Crippen LogP) is 4.50. The van der Waals surface area contributed by atoms with Gasteiger partial charge in [-0.1, -0.05) is 11.6 Å². The highest BCUT2D eigenvalue weighted by Crippen LogP contribution is 2.36. The first-order chi connectivity index (χ1) is 13.9. The van der Waals surface area contributed by atoms with Crippen molar-refractivity contribution in [3.8, 4) is 11.6 Å². The van der Waals surface area contributed by atoms with E-state index in [-0.39, 0.29) is 33.7 Å². The van der Waals surface area contributed by atoms with Gasteiger partial charge in [-0.3, -0.25) is 10.1 Å². The number of anilines is 2. The summed E-state index contributed by atoms with van der Waals surface area (Å²) in [5.41, 5.74) is 0.0316. The number of esters is 1. The molecular weight excluding hydrogens is 407 g/mol. The molecule has 0 fully saturated rings. The summed E-state index contributed by atoms with van der Waals surface area (Å²) in [5.74, 6) is -1.46. The van der Waals surface area contributed by atoms with Gasteiger partial charge in [-0.2, -0.15) is 4.98 Å². The lowest BCUT2D eigenvalue weighted by Crippen LogP contribution is -2.04. The van der Waals surface area contributed by atoms with Gasteiger partial charge in [-0.15, -0.1) is 0 Å². The summed E-state index contributed by atoms with van der Waals surface area (Å²) >= 11 is 5.73. The van der Waals surface area contributed by atoms with Crippen LogP contribution in [0.1, 0.15) is 10.4 Å². The molecule has 0 saturated carbocycles. The van der Waals surface area contributed by atoms with Crippen LogP contribution in [0.25, 0.3) is 0 Å². The largest absolute Gasteiger partial charge is 0.465 e. The molecule has 0 atom stereocenters. The smallest absolute Gasteiger partial charge is 0.373 e. The molecule has 0 unspecified atom stereocenters. The van der Waals surface area contributed by atoms with Gasteiger partial charge in [0.1, 0.15) is 17.9 Å². The van der Waals surface area contributed by atoms with E-state index in [1.165, 1.54) is 43.5 Å². The fourth-order valence-corrected chi connectivity index (χ4v) is 2.47. The van der Waals surface area contributed by atoms with Crippen LogP contribution < -0.4 is 10.1 Å². The minimum atomic E-state index is -0.717. The number of aromatic nitrogens is 2. The molecular formula is C18H12ClFN4O5. The van der Waals surface area contributed by atoms with Gasteiger partial charge < -0.3 is 14.8 Å². The number of hydrogen-bond acceptors (Lipinski definition) is 8. The molecule has 0 radical (unpaired) electrons. The van der Waals surface area contributed by atoms with E-state index in [0.717, 1.165) is 12.4 Å². The topological polar surface area (TPSA) is 116 Å². The zero-order valence-corrected chi connectivity index (χ0v) is 15.5. The summed E-state index contributed by atoms with van der Waals surface area (Å²) in [5, 5.41) is 14.1. The molecule has 9 nitrogen and oxygen atoms in total. The van der Waals surface area contributed by atoms with Crippen molar-refractivity contribution in [2.45, 2.75) is 0 Å². The fourth-order valence-electron chi connectivity index (χ4n) is 2.29. The summed E-state index contributed by atoms with van der Waals surface area (Å²) in [7, 11) is 1.25. The number of carbonyl (C=O) groups excluding carboxylic acids is 1. The van der Waals surface area contributed by atoms with Crippen LogP contribution in [-0.4, -0.2) is 28.0 Å². The molecule has 0 aliphatic carbocycles. The molecule has 0 amide bonds. The van der Waals surface area contributed by atoms with E-state index >= 15 is 0 Å². The van der Waals surface area contributed by atoms with Crippen molar-refractivity contribution < 1.29 is 23.6 Å². The van der Waals surface area contributed by atoms with E-state index in [9.17, 15) is 19.3 Å². The molecule has 1 heterocycles. The number of rotatable bonds is 6. The highest BCUT2D eigenvalue weighted by molar-refractivity contribution is 6.31. The lowest BCUT2D eigenvalue weighted by molar-refractivity contribution is -0.385. The van der Waals surface area contributed by atoms with Crippen LogP contribution in [0, 0.1) is 15.9 Å². The number of nitro groups is 1. The van der Waals surface area contributed by atoms with E-state index in [0.29, 0.717) is 0 Å². The Labute approximate surface area is 168 Å². The van der Waals surface area contributed by atoms with Crippen LogP contribution in [0.15, 0.2) is 48.8 Å². The van der Waals surface area contributed by atoms with Crippen molar-refractivity contribution in [3.63, 3.8) is 0 Å². The predicted molar refractivity (Wildman–Crippen MR) is 101 cm³/mol. The van der Waals surface area contributed by atoms with Crippen molar-refractivity contribution >= 4 is 34.8 Å². The van der Waals surface area contributed by atoms with Crippen LogP contribution in [0.2, 0.25) is 5.02 Å². The number of carbonyl (C=O) groups is 1. The van der Waals surface area contributed by atoms with E-state index in [4.69, 9.17) is 16.3 Å². The second-order valence-corrected chi connectivity index (χ2v) is 5.91. The molecule has 29 heavy (non-hydrogen) atoms. The average molecular weight is 419 g/mol. The van der Waals surface area contributed by atoms with Crippen LogP contribution in [-0.2, 0) is 4.74 Å². The lowest BCUT2D eigenvalue weighted by atomic mass is 10.2. The van der Waals surface area contributed by atoms with Crippen molar-refractivity contribution in [2.24, 2.45) is 0 Å². The molecule has 3 aromatic rings. The molecule has 1 aromatic heterocycles. The Kier molecular flexibility index (Phi) is 5.84. The minimum Gasteiger partial charge on any atom is -0.465 e. The number of methoxy groups -OCH3 is 1. The fraction of sp³-hybridized carbons (Fsp3) is 0.0556. The van der Waals surface area contributed by atoms with Gasteiger partial charge in [-0.25, -0.2) is 14.2 Å². The monoisotopic (exact) mass is 418 g/mol. The van der Waals surface area contributed by atoms with Crippen molar-refractivity contribution in [2.75, 3.05) is 12.4 Å². The number of ether oxygens (including phenoxy) is 2. The average Bonchev–Trinajstić information content (AvgIpc) is 2.70. The van der Waals surface area contributed by atoms with E-state index in [2.05, 4.69) is 20.0 Å². The highest BCUT2D eigenvalue weighted by atomic mass is 35.5. The third-order valence-corrected chi connectivity index (χ3v) is 3.93. The Hall–Kier alpha value is -3.79. The molecule has 0 spiro atoms. The summed E-state index contributed by atoms with van der Waals surface area (Å²) in [6.07, 6.45) is 1.07. The number of halogens is 2. The van der Waals surface area contributed by atoms with Gasteiger partial charge in [-0.05, 0) is 42.5 Å². The minimum absolute atomic E-state index is 0.158. The first-order valence-electron chi connectivity index (χ1n) is 7.96. The molecule has 2 aromatic carbocycles. The first-order valence-corrected chi connectivity index (χ1v) is 8.34. The number of hydrogen-bond donors (Lipinski definition) is 1. The standard InChI is InChI=1S/C18H12ClFN4O5/c1-28-18(25)10-2-5-12(6-3-10)29-17-15(24(26)27)16(21-9-22-17)23-11-4-7-14(20)13(19)8-11/h2-9H,1H3,(H,21,22,23). The van der Waals surface area contributed by atoms with E-state index in [1.54, 1.807) is 0 Å². The summed E-state index contributed by atoms with van der Waals surface area (Å²) in [6.45, 7) is 0. The van der Waals surface area contributed by atoms with Gasteiger partial charge in [0.25, 0.3) is 0 Å². The third-order valence-electron chi connectivity index (χ3n) is 3.64. The third kappa shape index (κ3) is 4.55. The second kappa shape index (κ2) is 8.48. The molecule has 0 aliphatic heterocycles. The Morgan fingerprint density at radius 3 is 2.55 bits per heavy atom. The molecule has 148 valence electrons. The normalized spacial score (nSPS) is 10.3. The Morgan fingerprint density at radius 2 is 1.93 bits per heavy atom. The Bertz CT molecular complexity index is 1080. The molecule has 1 N–H and O–H groups in total. The van der Waals surface area contributed by atoms with E-state index < -0.39 is 22.4 Å². The molecule has 3 rings (SSSR count). The number of nitrogens with zero attached hydrogens (tertiary/aromatic N) is 3. The molecule has 0 saturated heterocycles. The van der Waals surface area contributed by atoms with Crippen molar-refractivity contribution in [1.82, 2.24) is 9.97 Å². The second-order valence-electron chi connectivity index (χ2n) is 5.51. The molecule has 0 bridgehead atoms. The van der Waals surface area contributed by atoms with Crippen LogP contribution in [0.3, 0.4) is 0 Å². The van der Waals surface area contributed by atoms with Gasteiger partial charge in [0.05, 0.1) is 22.6 Å². The summed E-state index contributed by atoms with van der Waals surface area (Å²) in [4.78, 5) is 30.0. The summed E-state index contributed by atoms with van der Waals surface area (Å²) in [6, 6.07) is 9.46. The van der Waals surface area contributed by atoms with E-state index in [1.807, 2.05) is 0 Å². The van der Waals surface area contributed by atoms with Gasteiger partial charge >= 0.3 is 17.5 Å². The first kappa shape index (κ1) is 20.0. The quantitative estimate of drug-likeness (QED) is 0.353. The van der Waals surface area contributed by atoms with Crippen LogP contribution in [0.5, 0.6) is 11.6 Å². The lowest BCUT2D eigenvalue weighted by Gasteiger charge is -2.10. The summed E-state index contributed by atoms with van der Waals surface area (Å²) < 4.78 is 23.4. The maximum Gasteiger partial charge on any atom is 0.373 e. The Balaban J connectivity index is 1.91. The number of nitrogens with one attached hydrogen (secondary N) is 1. The number of benzene rings is 2. The van der Waals surface area contributed by atoms with Crippen LogP contribution >= 0.6 is 11.6 Å². The van der Waals surface area contributed by atoms with Crippen molar-refractivity contribution in [1.29, 1.82) is 0 Å². The maximum absolute atomic E-state index is 13.3. The van der Waals surface area contributed by atoms with Gasteiger partial charge in [0.15, 0.2) is 0 Å². The molecule has 0 aliphatic rings. The SMILES string of the molecule is COC(=O)c1ccc(Oc2ncnc(Nc3ccc(F)c(Cl)c3)c2[N+](=O)[O-])cc1. The zero-order chi connectivity index (χ0) is 21.0. The van der Waals surface area contributed by atoms with Gasteiger partial charge in [0, 0.05) is 5.69 Å². The molecule has 11 heteroatoms. The van der Waals surface area contributed by atoms with Crippen LogP contribution in [0.4, 0.5) is 21.6 Å². The zero-order valence-electron chi connectivity index (χ0n) is 14.8. The van der Waals surface area contributed by atoms with Gasteiger partial charge in [0.2, 0.25) is 5.82 Å². The Morgan fingerprint density at radius 1 is 1.21 bits per heavy atom. The highest BCUT2D eigenvalue weighted by Gasteiger charge is 2.25.